The first kappa shape index (κ1) is 17.8. The quantitative estimate of drug-likeness (QED) is 0.647. The molecular formula is C21H21FN6O. The normalized spacial score (nSPS) is 21.2. The molecule has 5 rings (SSSR count). The van der Waals surface area contributed by atoms with E-state index in [1.165, 1.54) is 12.1 Å². The van der Waals surface area contributed by atoms with E-state index in [9.17, 15) is 9.18 Å². The minimum absolute atomic E-state index is 0.0616. The van der Waals surface area contributed by atoms with Crippen LogP contribution in [0.25, 0.3) is 11.6 Å². The third-order valence-electron chi connectivity index (χ3n) is 5.70. The number of hydrogen-bond acceptors (Lipinski definition) is 5. The Morgan fingerprint density at radius 3 is 2.79 bits per heavy atom. The van der Waals surface area contributed by atoms with E-state index in [0.29, 0.717) is 17.6 Å². The van der Waals surface area contributed by atoms with E-state index in [1.54, 1.807) is 6.07 Å². The average Bonchev–Trinajstić information content (AvgIpc) is 3.11. The van der Waals surface area contributed by atoms with Crippen molar-refractivity contribution in [3.63, 3.8) is 0 Å². The first-order valence-corrected chi connectivity index (χ1v) is 9.65. The Balaban J connectivity index is 1.56. The standard InChI is InChI=1S/C21H21FN6O/c1-27-7-9-28(10-8-27)12-5-6-14-16(11-12)25-20(24-14)18-19(23)17-13(22)3-2-4-15(17)26-21(18)29/h2-5,11,23,25H,6-10H2,1H3,(H,26,29). The smallest absolute Gasteiger partial charge is 0.261 e. The number of amides is 1. The molecule has 1 aromatic heterocycles. The summed E-state index contributed by atoms with van der Waals surface area (Å²) in [5.74, 6) is -0.988. The summed E-state index contributed by atoms with van der Waals surface area (Å²) in [5, 5.41) is 11.9. The third kappa shape index (κ3) is 2.96. The monoisotopic (exact) mass is 392 g/mol. The van der Waals surface area contributed by atoms with Crippen molar-refractivity contribution >= 4 is 29.0 Å². The minimum atomic E-state index is -0.535. The zero-order chi connectivity index (χ0) is 20.1. The van der Waals surface area contributed by atoms with Crippen LogP contribution in [0.3, 0.4) is 0 Å². The van der Waals surface area contributed by atoms with Crippen molar-refractivity contribution < 1.29 is 9.18 Å². The highest BCUT2D eigenvalue weighted by Gasteiger charge is 2.30. The van der Waals surface area contributed by atoms with E-state index in [0.717, 1.165) is 42.9 Å². The molecule has 0 radical (unpaired) electrons. The lowest BCUT2D eigenvalue weighted by atomic mass is 9.96. The fourth-order valence-electron chi connectivity index (χ4n) is 4.04. The summed E-state index contributed by atoms with van der Waals surface area (Å²) < 4.78 is 14.3. The Labute approximate surface area is 166 Å². The Bertz CT molecular complexity index is 1190. The molecule has 0 atom stereocenters. The van der Waals surface area contributed by atoms with Crippen LogP contribution in [-0.2, 0) is 11.2 Å². The van der Waals surface area contributed by atoms with E-state index in [-0.39, 0.29) is 16.8 Å². The van der Waals surface area contributed by atoms with Crippen LogP contribution in [0.15, 0.2) is 30.0 Å². The molecule has 0 saturated carbocycles. The van der Waals surface area contributed by atoms with Crippen molar-refractivity contribution in [3.8, 4) is 0 Å². The number of aromatic amines is 1. The maximum atomic E-state index is 14.3. The van der Waals surface area contributed by atoms with Crippen molar-refractivity contribution in [2.75, 3.05) is 38.5 Å². The van der Waals surface area contributed by atoms with Crippen LogP contribution in [0.4, 0.5) is 10.1 Å². The number of carbonyl (C=O) groups excluding carboxylic acids is 1. The van der Waals surface area contributed by atoms with Gasteiger partial charge in [-0.1, -0.05) is 12.1 Å². The first-order chi connectivity index (χ1) is 14.0. The molecule has 1 saturated heterocycles. The summed E-state index contributed by atoms with van der Waals surface area (Å²) in [6.07, 6.45) is 4.83. The SMILES string of the molecule is CN1CCN(C2=CCc3nc(=C4C(=N)c5c(F)cccc5NC4=O)[nH]c3=C2)CC1. The van der Waals surface area contributed by atoms with Crippen LogP contribution in [0.5, 0.6) is 0 Å². The van der Waals surface area contributed by atoms with E-state index < -0.39 is 11.7 Å². The van der Waals surface area contributed by atoms with Crippen LogP contribution in [0, 0.1) is 11.2 Å². The van der Waals surface area contributed by atoms with Crippen molar-refractivity contribution in [2.45, 2.75) is 6.42 Å². The van der Waals surface area contributed by atoms with Gasteiger partial charge in [-0.05, 0) is 25.3 Å². The number of halogens is 1. The van der Waals surface area contributed by atoms with E-state index in [2.05, 4.69) is 38.2 Å². The highest BCUT2D eigenvalue weighted by Crippen LogP contribution is 2.27. The summed E-state index contributed by atoms with van der Waals surface area (Å²) in [4.78, 5) is 25.0. The van der Waals surface area contributed by atoms with Gasteiger partial charge in [-0.15, -0.1) is 0 Å². The Kier molecular flexibility index (Phi) is 4.09. The molecule has 8 heteroatoms. The zero-order valence-electron chi connectivity index (χ0n) is 16.1. The van der Waals surface area contributed by atoms with Gasteiger partial charge in [-0.2, -0.15) is 0 Å². The lowest BCUT2D eigenvalue weighted by Crippen LogP contribution is -2.44. The van der Waals surface area contributed by atoms with Crippen LogP contribution < -0.4 is 16.1 Å². The number of imidazole rings is 1. The van der Waals surface area contributed by atoms with Gasteiger partial charge in [0.25, 0.3) is 5.91 Å². The van der Waals surface area contributed by atoms with Gasteiger partial charge < -0.3 is 20.1 Å². The number of nitrogens with one attached hydrogen (secondary N) is 3. The predicted molar refractivity (Wildman–Crippen MR) is 108 cm³/mol. The molecule has 1 fully saturated rings. The zero-order valence-corrected chi connectivity index (χ0v) is 16.1. The third-order valence-corrected chi connectivity index (χ3v) is 5.70. The molecule has 2 aromatic rings. The Morgan fingerprint density at radius 1 is 1.21 bits per heavy atom. The van der Waals surface area contributed by atoms with Crippen molar-refractivity contribution in [1.82, 2.24) is 19.8 Å². The Morgan fingerprint density at radius 2 is 2.00 bits per heavy atom. The number of nitrogens with zero attached hydrogens (tertiary/aromatic N) is 3. The largest absolute Gasteiger partial charge is 0.369 e. The molecule has 3 heterocycles. The maximum absolute atomic E-state index is 14.3. The van der Waals surface area contributed by atoms with Gasteiger partial charge in [0, 0.05) is 38.3 Å². The van der Waals surface area contributed by atoms with Crippen molar-refractivity contribution in [1.29, 1.82) is 5.41 Å². The molecule has 7 nitrogen and oxygen atoms in total. The summed E-state index contributed by atoms with van der Waals surface area (Å²) >= 11 is 0. The predicted octanol–water partition coefficient (Wildman–Crippen LogP) is 0.188. The van der Waals surface area contributed by atoms with Gasteiger partial charge in [-0.3, -0.25) is 10.2 Å². The summed E-state index contributed by atoms with van der Waals surface area (Å²) in [6, 6.07) is 4.39. The molecule has 1 aliphatic carbocycles. The van der Waals surface area contributed by atoms with Crippen LogP contribution >= 0.6 is 0 Å². The molecule has 29 heavy (non-hydrogen) atoms. The molecule has 1 aromatic carbocycles. The highest BCUT2D eigenvalue weighted by molar-refractivity contribution is 6.51. The van der Waals surface area contributed by atoms with E-state index in [1.807, 2.05) is 6.08 Å². The molecule has 3 aliphatic rings. The number of H-pyrrole nitrogens is 1. The number of fused-ring (bicyclic) bond motifs is 2. The number of benzene rings is 1. The summed E-state index contributed by atoms with van der Waals surface area (Å²) in [7, 11) is 2.12. The fraction of sp³-hybridized carbons (Fsp3) is 0.286. The maximum Gasteiger partial charge on any atom is 0.261 e. The number of rotatable bonds is 1. The number of anilines is 1. The highest BCUT2D eigenvalue weighted by atomic mass is 19.1. The molecule has 0 bridgehead atoms. The van der Waals surface area contributed by atoms with Gasteiger partial charge >= 0.3 is 0 Å². The number of hydrogen-bond donors (Lipinski definition) is 3. The molecule has 2 aliphatic heterocycles. The number of allylic oxidation sites excluding steroid dienone is 2. The lowest BCUT2D eigenvalue weighted by molar-refractivity contribution is -0.111. The van der Waals surface area contributed by atoms with Gasteiger partial charge in [0.1, 0.15) is 16.9 Å². The lowest BCUT2D eigenvalue weighted by Gasteiger charge is -2.35. The van der Waals surface area contributed by atoms with E-state index in [4.69, 9.17) is 5.41 Å². The second-order valence-corrected chi connectivity index (χ2v) is 7.58. The topological polar surface area (TPSA) is 88.1 Å². The van der Waals surface area contributed by atoms with Gasteiger partial charge in [0.15, 0.2) is 0 Å². The molecule has 1 amide bonds. The first-order valence-electron chi connectivity index (χ1n) is 9.65. The number of aromatic nitrogens is 2. The summed E-state index contributed by atoms with van der Waals surface area (Å²) in [5.41, 5.74) is 2.58. The van der Waals surface area contributed by atoms with Crippen LogP contribution in [-0.4, -0.2) is 64.6 Å². The van der Waals surface area contributed by atoms with Crippen LogP contribution in [0.1, 0.15) is 11.3 Å². The number of carbonyl (C=O) groups is 1. The van der Waals surface area contributed by atoms with Gasteiger partial charge in [-0.25, -0.2) is 9.37 Å². The summed E-state index contributed by atoms with van der Waals surface area (Å²) in [6.45, 7) is 3.98. The fourth-order valence-corrected chi connectivity index (χ4v) is 4.04. The molecule has 3 N–H and O–H groups in total. The van der Waals surface area contributed by atoms with E-state index >= 15 is 0 Å². The minimum Gasteiger partial charge on any atom is -0.369 e. The second kappa shape index (κ2) is 6.66. The molecule has 148 valence electrons. The molecule has 0 spiro atoms. The van der Waals surface area contributed by atoms with Gasteiger partial charge in [0.05, 0.1) is 28.0 Å². The number of likely N-dealkylation sites (N-methyl/N-ethyl adjacent to an activating group) is 1. The average molecular weight is 392 g/mol. The Hall–Kier alpha value is -3.26. The second-order valence-electron chi connectivity index (χ2n) is 7.58. The van der Waals surface area contributed by atoms with Crippen molar-refractivity contribution in [2.24, 2.45) is 0 Å². The number of piperazine rings is 1. The van der Waals surface area contributed by atoms with Gasteiger partial charge in [0.2, 0.25) is 0 Å². The molecular weight excluding hydrogens is 371 g/mol. The van der Waals surface area contributed by atoms with Crippen molar-refractivity contribution in [3.05, 3.63) is 57.9 Å². The molecule has 0 unspecified atom stereocenters. The van der Waals surface area contributed by atoms with Crippen LogP contribution in [0.2, 0.25) is 0 Å².